The number of carbonyl (C=O) groups excluding carboxylic acids is 1. The molecule has 0 unspecified atom stereocenters. The Balaban J connectivity index is 0. The van der Waals surface area contributed by atoms with Gasteiger partial charge in [0.05, 0.1) is 0 Å². The van der Waals surface area contributed by atoms with E-state index in [9.17, 15) is 4.79 Å². The van der Waals surface area contributed by atoms with Crippen molar-refractivity contribution in [2.75, 3.05) is 0 Å². The summed E-state index contributed by atoms with van der Waals surface area (Å²) >= 11 is 0. The van der Waals surface area contributed by atoms with E-state index in [1.807, 2.05) is 13.8 Å². The maximum Gasteiger partial charge on any atom is 1.00 e. The van der Waals surface area contributed by atoms with Crippen molar-refractivity contribution in [1.29, 1.82) is 0 Å². The maximum atomic E-state index is 10.3. The molecule has 0 fully saturated rings. The third-order valence-corrected chi connectivity index (χ3v) is 0.699. The maximum absolute atomic E-state index is 10.3. The molecule has 0 saturated heterocycles. The Labute approximate surface area is 92.8 Å². The van der Waals surface area contributed by atoms with E-state index in [0.717, 1.165) is 0 Å². The minimum atomic E-state index is -0.0139. The molecule has 0 aliphatic rings. The smallest absolute Gasteiger partial charge is 0.508 e. The van der Waals surface area contributed by atoms with Gasteiger partial charge in [0.25, 0.3) is 0 Å². The summed E-state index contributed by atoms with van der Waals surface area (Å²) in [5.41, 5.74) is 0. The van der Waals surface area contributed by atoms with E-state index in [4.69, 9.17) is 0 Å². The fourth-order valence-corrected chi connectivity index (χ4v) is 0.204. The van der Waals surface area contributed by atoms with Crippen LogP contribution in [0.15, 0.2) is 0 Å². The predicted octanol–water partition coefficient (Wildman–Crippen LogP) is -2.45. The predicted molar refractivity (Wildman–Crippen MR) is 28.3 cm³/mol. The first kappa shape index (κ1) is 11.8. The summed E-state index contributed by atoms with van der Waals surface area (Å²) in [6.07, 6.45) is 0. The van der Waals surface area contributed by atoms with Crippen LogP contribution in [-0.2, 0) is 4.79 Å². The molecular weight excluding hydrogens is 129 g/mol. The Kier molecular flexibility index (Phi) is 9.23. The van der Waals surface area contributed by atoms with Gasteiger partial charge in [-0.3, -0.25) is 11.8 Å². The van der Waals surface area contributed by atoms with E-state index < -0.39 is 0 Å². The normalized spacial score (nSPS) is 8.00. The minimum absolute atomic E-state index is 0. The van der Waals surface area contributed by atoms with Crippen molar-refractivity contribution in [3.8, 4) is 0 Å². The molecule has 0 aromatic heterocycles. The van der Waals surface area contributed by atoms with Crippen LogP contribution >= 0.6 is 0 Å². The summed E-state index contributed by atoms with van der Waals surface area (Å²) in [6.45, 7) is 3.64. The van der Waals surface area contributed by atoms with Crippen molar-refractivity contribution in [1.82, 2.24) is 5.32 Å². The van der Waals surface area contributed by atoms with Gasteiger partial charge in [-0.05, 0) is 0 Å². The van der Waals surface area contributed by atoms with Crippen molar-refractivity contribution in [3.63, 3.8) is 0 Å². The van der Waals surface area contributed by atoms with Crippen molar-refractivity contribution < 1.29 is 56.2 Å². The number of rotatable bonds is 1. The fraction of sp³-hybridized carbons (Fsp3) is 0.600. The van der Waals surface area contributed by atoms with Gasteiger partial charge in [0.2, 0.25) is 0 Å². The molecule has 8 heavy (non-hydrogen) atoms. The molecule has 1 amide bonds. The van der Waals surface area contributed by atoms with E-state index >= 15 is 0 Å². The van der Waals surface area contributed by atoms with Crippen LogP contribution in [0.2, 0.25) is 0 Å². The third kappa shape index (κ3) is 5.25. The molecule has 0 atom stereocenters. The second-order valence-corrected chi connectivity index (χ2v) is 1.70. The van der Waals surface area contributed by atoms with Gasteiger partial charge < -0.3 is 5.32 Å². The van der Waals surface area contributed by atoms with Crippen molar-refractivity contribution in [3.05, 3.63) is 7.05 Å². The third-order valence-electron chi connectivity index (χ3n) is 0.699. The molecule has 42 valence electrons. The van der Waals surface area contributed by atoms with Crippen LogP contribution in [0.25, 0.3) is 0 Å². The quantitative estimate of drug-likeness (QED) is 0.317. The number of amides is 1. The van der Waals surface area contributed by atoms with Crippen LogP contribution < -0.4 is 56.7 Å². The van der Waals surface area contributed by atoms with E-state index in [0.29, 0.717) is 0 Å². The molecule has 0 spiro atoms. The minimum Gasteiger partial charge on any atom is -0.508 e. The number of hydrogen-bond acceptors (Lipinski definition) is 1. The Morgan fingerprint density at radius 3 is 2.00 bits per heavy atom. The van der Waals surface area contributed by atoms with E-state index in [1.54, 1.807) is 0 Å². The van der Waals surface area contributed by atoms with Crippen LogP contribution in [0.4, 0.5) is 0 Å². The average Bonchev–Trinajstić information content (AvgIpc) is 1.65. The summed E-state index contributed by atoms with van der Waals surface area (Å²) in [5.74, 6) is 0.0394. The topological polar surface area (TPSA) is 29.1 Å². The molecule has 0 heterocycles. The molecule has 0 radical (unpaired) electrons. The van der Waals surface area contributed by atoms with Crippen molar-refractivity contribution >= 4 is 5.91 Å². The largest absolute Gasteiger partial charge is 1.00 e. The molecule has 2 nitrogen and oxygen atoms in total. The van der Waals surface area contributed by atoms with Crippen LogP contribution in [0, 0.1) is 13.0 Å². The monoisotopic (exact) mass is 139 g/mol. The number of hydrogen-bond donors (Lipinski definition) is 1. The molecule has 0 rings (SSSR count). The summed E-state index contributed by atoms with van der Waals surface area (Å²) < 4.78 is 0. The van der Waals surface area contributed by atoms with Crippen molar-refractivity contribution in [2.45, 2.75) is 13.8 Å². The molecule has 0 aliphatic heterocycles. The SMILES string of the molecule is [CH2-]NC(=O)C(C)C.[K+]. The number of nitrogens with one attached hydrogen (secondary N) is 1. The van der Waals surface area contributed by atoms with Gasteiger partial charge >= 0.3 is 51.4 Å². The molecule has 3 heteroatoms. The summed E-state index contributed by atoms with van der Waals surface area (Å²) in [7, 11) is 3.21. The number of carbonyl (C=O) groups is 1. The van der Waals surface area contributed by atoms with E-state index in [-0.39, 0.29) is 63.2 Å². The second-order valence-electron chi connectivity index (χ2n) is 1.70. The Morgan fingerprint density at radius 2 is 2.00 bits per heavy atom. The zero-order valence-electron chi connectivity index (χ0n) is 5.69. The van der Waals surface area contributed by atoms with Gasteiger partial charge in [-0.2, -0.15) is 0 Å². The standard InChI is InChI=1S/C5H10NO.K/c1-4(2)5(7)6-3;/h4H,3H2,1-2H3,(H,6,7);/q-1;+1. The molecule has 0 bridgehead atoms. The van der Waals surface area contributed by atoms with Crippen LogP contribution in [-0.4, -0.2) is 5.91 Å². The first-order valence-corrected chi connectivity index (χ1v) is 2.25. The Hall–Kier alpha value is 1.11. The second kappa shape index (κ2) is 6.23. The van der Waals surface area contributed by atoms with Gasteiger partial charge in [0.15, 0.2) is 5.91 Å². The van der Waals surface area contributed by atoms with Crippen LogP contribution in [0.3, 0.4) is 0 Å². The first-order valence-electron chi connectivity index (χ1n) is 2.25. The molecule has 1 N–H and O–H groups in total. The molecule has 0 aliphatic carbocycles. The zero-order chi connectivity index (χ0) is 5.86. The summed E-state index contributed by atoms with van der Waals surface area (Å²) in [5, 5.41) is 2.28. The average molecular weight is 139 g/mol. The van der Waals surface area contributed by atoms with Gasteiger partial charge in [-0.1, -0.05) is 13.8 Å². The Morgan fingerprint density at radius 1 is 1.62 bits per heavy atom. The van der Waals surface area contributed by atoms with Gasteiger partial charge in [0, 0.05) is 5.92 Å². The van der Waals surface area contributed by atoms with Gasteiger partial charge in [0.1, 0.15) is 0 Å². The fourth-order valence-electron chi connectivity index (χ4n) is 0.204. The van der Waals surface area contributed by atoms with E-state index in [1.165, 1.54) is 0 Å². The first-order chi connectivity index (χ1) is 3.18. The van der Waals surface area contributed by atoms with Crippen molar-refractivity contribution in [2.24, 2.45) is 5.92 Å². The summed E-state index contributed by atoms with van der Waals surface area (Å²) in [4.78, 5) is 10.3. The van der Waals surface area contributed by atoms with Gasteiger partial charge in [-0.25, -0.2) is 0 Å². The summed E-state index contributed by atoms with van der Waals surface area (Å²) in [6, 6.07) is 0. The van der Waals surface area contributed by atoms with Crippen LogP contribution in [0.1, 0.15) is 13.8 Å². The Bertz CT molecular complexity index is 72.8. The van der Waals surface area contributed by atoms with Gasteiger partial charge in [-0.15, -0.1) is 0 Å². The van der Waals surface area contributed by atoms with E-state index in [2.05, 4.69) is 12.4 Å². The molecule has 0 aromatic rings. The molecule has 0 saturated carbocycles. The molecule has 0 aromatic carbocycles. The zero-order valence-corrected chi connectivity index (χ0v) is 8.82. The van der Waals surface area contributed by atoms with Crippen LogP contribution in [0.5, 0.6) is 0 Å². The molecular formula is C5H10KNO.